The molecule has 34 heavy (non-hydrogen) atoms. The summed E-state index contributed by atoms with van der Waals surface area (Å²) in [5.41, 5.74) is 1.97. The van der Waals surface area contributed by atoms with Gasteiger partial charge in [-0.25, -0.2) is 4.79 Å². The zero-order valence-corrected chi connectivity index (χ0v) is 19.0. The van der Waals surface area contributed by atoms with Gasteiger partial charge in [-0.15, -0.1) is 0 Å². The number of aliphatic hydroxyl groups is 1. The summed E-state index contributed by atoms with van der Waals surface area (Å²) < 4.78 is 17.4. The Balaban J connectivity index is 1.68. The number of carbonyl (C=O) groups excluding carboxylic acids is 1. The number of rotatable bonds is 8. The Kier molecular flexibility index (Phi) is 7.33. The van der Waals surface area contributed by atoms with Gasteiger partial charge in [0, 0.05) is 16.8 Å². The standard InChI is InChI=1S/C29H28O5/c1-3-22(19-30)33-28-17-16-27(34-29(31)4-2)25-15-12-21(18-26(25)28)20-10-13-24(14-11-20)32-23-8-6-5-7-9-23/h3-4,10-19,23,30H,1-2,5-9H2. The fourth-order valence-corrected chi connectivity index (χ4v) is 4.15. The van der Waals surface area contributed by atoms with E-state index in [1.165, 1.54) is 25.3 Å². The van der Waals surface area contributed by atoms with E-state index < -0.39 is 5.97 Å². The highest BCUT2D eigenvalue weighted by Crippen LogP contribution is 2.37. The molecule has 0 unspecified atom stereocenters. The van der Waals surface area contributed by atoms with E-state index in [2.05, 4.69) is 13.2 Å². The Morgan fingerprint density at radius 2 is 1.50 bits per heavy atom. The monoisotopic (exact) mass is 456 g/mol. The first-order valence-corrected chi connectivity index (χ1v) is 11.4. The lowest BCUT2D eigenvalue weighted by atomic mass is 9.97. The molecule has 174 valence electrons. The van der Waals surface area contributed by atoms with Gasteiger partial charge in [0.15, 0.2) is 5.76 Å². The first-order chi connectivity index (χ1) is 16.6. The largest absolute Gasteiger partial charge is 0.512 e. The molecule has 5 heteroatoms. The Morgan fingerprint density at radius 3 is 2.15 bits per heavy atom. The van der Waals surface area contributed by atoms with Gasteiger partial charge in [-0.1, -0.05) is 37.8 Å². The first kappa shape index (κ1) is 23.2. The Labute approximate surface area is 199 Å². The number of hydrogen-bond donors (Lipinski definition) is 1. The highest BCUT2D eigenvalue weighted by molar-refractivity contribution is 5.98. The number of allylic oxidation sites excluding steroid dienone is 1. The SMILES string of the molecule is C=CC(=O)Oc1ccc(OC(C=C)=CO)c2cc(-c3ccc(OC4CCCCC4)cc3)ccc12. The molecule has 3 aromatic carbocycles. The number of fused-ring (bicyclic) bond motifs is 1. The molecule has 4 rings (SSSR count). The Bertz CT molecular complexity index is 1220. The van der Waals surface area contributed by atoms with Crippen molar-refractivity contribution in [2.24, 2.45) is 0 Å². The van der Waals surface area contributed by atoms with Gasteiger partial charge in [-0.05, 0) is 79.3 Å². The molecule has 1 N–H and O–H groups in total. The molecular formula is C29H28O5. The summed E-state index contributed by atoms with van der Waals surface area (Å²) in [7, 11) is 0. The molecule has 0 bridgehead atoms. The molecule has 0 saturated heterocycles. The second-order valence-corrected chi connectivity index (χ2v) is 8.19. The first-order valence-electron chi connectivity index (χ1n) is 11.4. The van der Waals surface area contributed by atoms with E-state index in [0.29, 0.717) is 23.0 Å². The van der Waals surface area contributed by atoms with E-state index in [1.54, 1.807) is 12.1 Å². The van der Waals surface area contributed by atoms with Crippen LogP contribution in [-0.2, 0) is 4.79 Å². The molecule has 1 aliphatic carbocycles. The minimum Gasteiger partial charge on any atom is -0.512 e. The zero-order valence-electron chi connectivity index (χ0n) is 19.0. The van der Waals surface area contributed by atoms with Gasteiger partial charge in [-0.2, -0.15) is 0 Å². The predicted molar refractivity (Wildman–Crippen MR) is 134 cm³/mol. The number of esters is 1. The van der Waals surface area contributed by atoms with Crippen molar-refractivity contribution >= 4 is 16.7 Å². The van der Waals surface area contributed by atoms with Crippen molar-refractivity contribution in [3.63, 3.8) is 0 Å². The number of hydrogen-bond acceptors (Lipinski definition) is 5. The molecule has 5 nitrogen and oxygen atoms in total. The van der Waals surface area contributed by atoms with Crippen LogP contribution in [0.4, 0.5) is 0 Å². The third-order valence-corrected chi connectivity index (χ3v) is 5.91. The van der Waals surface area contributed by atoms with Crippen molar-refractivity contribution in [2.45, 2.75) is 38.2 Å². The summed E-state index contributed by atoms with van der Waals surface area (Å²) in [4.78, 5) is 11.8. The van der Waals surface area contributed by atoms with Crippen LogP contribution in [0.3, 0.4) is 0 Å². The fraction of sp³-hybridized carbons (Fsp3) is 0.207. The van der Waals surface area contributed by atoms with Crippen molar-refractivity contribution in [1.29, 1.82) is 0 Å². The lowest BCUT2D eigenvalue weighted by Crippen LogP contribution is -2.19. The third-order valence-electron chi connectivity index (χ3n) is 5.91. The van der Waals surface area contributed by atoms with E-state index in [0.717, 1.165) is 47.4 Å². The fourth-order valence-electron chi connectivity index (χ4n) is 4.15. The van der Waals surface area contributed by atoms with Crippen LogP contribution in [-0.4, -0.2) is 17.2 Å². The summed E-state index contributed by atoms with van der Waals surface area (Å²) >= 11 is 0. The Morgan fingerprint density at radius 1 is 0.824 bits per heavy atom. The van der Waals surface area contributed by atoms with Crippen LogP contribution in [0.1, 0.15) is 32.1 Å². The van der Waals surface area contributed by atoms with Crippen LogP contribution < -0.4 is 14.2 Å². The molecule has 1 fully saturated rings. The molecule has 1 saturated carbocycles. The maximum atomic E-state index is 11.8. The highest BCUT2D eigenvalue weighted by atomic mass is 16.5. The van der Waals surface area contributed by atoms with Gasteiger partial charge < -0.3 is 19.3 Å². The summed E-state index contributed by atoms with van der Waals surface area (Å²) in [5.74, 6) is 1.42. The van der Waals surface area contributed by atoms with Gasteiger partial charge >= 0.3 is 5.97 Å². The lowest BCUT2D eigenvalue weighted by Gasteiger charge is -2.23. The predicted octanol–water partition coefficient (Wildman–Crippen LogP) is 7.27. The highest BCUT2D eigenvalue weighted by Gasteiger charge is 2.16. The van der Waals surface area contributed by atoms with Gasteiger partial charge in [0.2, 0.25) is 0 Å². The van der Waals surface area contributed by atoms with Crippen molar-refractivity contribution in [3.8, 4) is 28.4 Å². The summed E-state index contributed by atoms with van der Waals surface area (Å²) in [6.45, 7) is 7.10. The topological polar surface area (TPSA) is 65.0 Å². The lowest BCUT2D eigenvalue weighted by molar-refractivity contribution is -0.128. The molecule has 0 radical (unpaired) electrons. The zero-order chi connectivity index (χ0) is 23.9. The molecule has 1 aliphatic rings. The van der Waals surface area contributed by atoms with Gasteiger partial charge in [0.05, 0.1) is 6.10 Å². The number of benzene rings is 3. The summed E-state index contributed by atoms with van der Waals surface area (Å²) in [6.07, 6.45) is 9.66. The van der Waals surface area contributed by atoms with Crippen LogP contribution in [0, 0.1) is 0 Å². The van der Waals surface area contributed by atoms with Crippen LogP contribution in [0.15, 0.2) is 91.9 Å². The van der Waals surface area contributed by atoms with Crippen molar-refractivity contribution in [3.05, 3.63) is 91.9 Å². The summed E-state index contributed by atoms with van der Waals surface area (Å²) in [6, 6.07) is 17.2. The average Bonchev–Trinajstić information content (AvgIpc) is 2.89. The van der Waals surface area contributed by atoms with Gasteiger partial charge in [0.25, 0.3) is 0 Å². The van der Waals surface area contributed by atoms with Crippen LogP contribution in [0.5, 0.6) is 17.2 Å². The number of aliphatic hydroxyl groups excluding tert-OH is 1. The molecule has 0 aliphatic heterocycles. The van der Waals surface area contributed by atoms with E-state index in [4.69, 9.17) is 14.2 Å². The maximum Gasteiger partial charge on any atom is 0.335 e. The average molecular weight is 457 g/mol. The normalized spacial score (nSPS) is 14.4. The van der Waals surface area contributed by atoms with Crippen molar-refractivity contribution < 1.29 is 24.1 Å². The van der Waals surface area contributed by atoms with Gasteiger partial charge in [-0.3, -0.25) is 0 Å². The van der Waals surface area contributed by atoms with Crippen molar-refractivity contribution in [1.82, 2.24) is 0 Å². The van der Waals surface area contributed by atoms with E-state index in [9.17, 15) is 9.90 Å². The molecule has 3 aromatic rings. The van der Waals surface area contributed by atoms with Crippen LogP contribution in [0.25, 0.3) is 21.9 Å². The molecule has 0 amide bonds. The third kappa shape index (κ3) is 5.31. The maximum absolute atomic E-state index is 11.8. The van der Waals surface area contributed by atoms with E-state index in [1.807, 2.05) is 42.5 Å². The quantitative estimate of drug-likeness (QED) is 0.127. The van der Waals surface area contributed by atoms with Crippen LogP contribution >= 0.6 is 0 Å². The molecular weight excluding hydrogens is 428 g/mol. The molecule has 0 aromatic heterocycles. The molecule has 0 atom stereocenters. The minimum atomic E-state index is -0.547. The minimum absolute atomic E-state index is 0.201. The molecule has 0 spiro atoms. The van der Waals surface area contributed by atoms with Crippen LogP contribution in [0.2, 0.25) is 0 Å². The van der Waals surface area contributed by atoms with E-state index >= 15 is 0 Å². The second kappa shape index (κ2) is 10.8. The smallest absolute Gasteiger partial charge is 0.335 e. The number of carbonyl (C=O) groups is 1. The number of ether oxygens (including phenoxy) is 3. The van der Waals surface area contributed by atoms with Gasteiger partial charge in [0.1, 0.15) is 23.5 Å². The summed E-state index contributed by atoms with van der Waals surface area (Å²) in [5, 5.41) is 10.8. The van der Waals surface area contributed by atoms with E-state index in [-0.39, 0.29) is 5.76 Å². The molecule has 0 heterocycles. The Hall–Kier alpha value is -3.99. The second-order valence-electron chi connectivity index (χ2n) is 8.19. The van der Waals surface area contributed by atoms with Crippen molar-refractivity contribution in [2.75, 3.05) is 0 Å².